The number of carbonyl (C=O) groups is 1. The fourth-order valence-corrected chi connectivity index (χ4v) is 1.74. The van der Waals surface area contributed by atoms with Crippen molar-refractivity contribution in [2.45, 2.75) is 33.2 Å². The van der Waals surface area contributed by atoms with Crippen molar-refractivity contribution >= 4 is 5.91 Å². The zero-order valence-corrected chi connectivity index (χ0v) is 8.84. The molecule has 76 valence electrons. The number of nitrogens with zero attached hydrogens (tertiary/aromatic N) is 1. The summed E-state index contributed by atoms with van der Waals surface area (Å²) in [5.41, 5.74) is 0. The van der Waals surface area contributed by atoms with Crippen LogP contribution < -0.4 is 5.32 Å². The lowest BCUT2D eigenvalue weighted by atomic mass is 10.1. The van der Waals surface area contributed by atoms with Crippen molar-refractivity contribution in [2.75, 3.05) is 19.6 Å². The summed E-state index contributed by atoms with van der Waals surface area (Å²) < 4.78 is 0. The molecule has 1 fully saturated rings. The molecule has 1 unspecified atom stereocenters. The molecule has 0 saturated carbocycles. The number of nitrogens with one attached hydrogen (secondary N) is 1. The van der Waals surface area contributed by atoms with Gasteiger partial charge in [0.05, 0.1) is 5.92 Å². The fourth-order valence-electron chi connectivity index (χ4n) is 1.74. The highest BCUT2D eigenvalue weighted by molar-refractivity contribution is 5.79. The van der Waals surface area contributed by atoms with E-state index in [4.69, 9.17) is 0 Å². The van der Waals surface area contributed by atoms with Crippen LogP contribution in [0.1, 0.15) is 27.2 Å². The number of amides is 1. The Kier molecular flexibility index (Phi) is 3.72. The second-order valence-electron chi connectivity index (χ2n) is 4.04. The summed E-state index contributed by atoms with van der Waals surface area (Å²) in [7, 11) is 0. The predicted octanol–water partition coefficient (Wildman–Crippen LogP) is 0.853. The van der Waals surface area contributed by atoms with Crippen molar-refractivity contribution < 1.29 is 4.79 Å². The SMILES string of the molecule is CCN1CCC(C(=O)NC(C)C)C1. The van der Waals surface area contributed by atoms with Crippen LogP contribution in [-0.4, -0.2) is 36.5 Å². The van der Waals surface area contributed by atoms with Crippen LogP contribution in [0.2, 0.25) is 0 Å². The van der Waals surface area contributed by atoms with Gasteiger partial charge in [-0.25, -0.2) is 0 Å². The Bertz CT molecular complexity index is 180. The summed E-state index contributed by atoms with van der Waals surface area (Å²) in [6.07, 6.45) is 1.02. The zero-order valence-electron chi connectivity index (χ0n) is 8.84. The number of hydrogen-bond acceptors (Lipinski definition) is 2. The van der Waals surface area contributed by atoms with Gasteiger partial charge in [0.25, 0.3) is 0 Å². The first-order chi connectivity index (χ1) is 6.13. The molecular weight excluding hydrogens is 164 g/mol. The van der Waals surface area contributed by atoms with Gasteiger partial charge in [-0.2, -0.15) is 0 Å². The fraction of sp³-hybridized carbons (Fsp3) is 0.900. The first kappa shape index (κ1) is 10.5. The molecule has 0 aromatic heterocycles. The van der Waals surface area contributed by atoms with Crippen LogP contribution in [0.5, 0.6) is 0 Å². The number of rotatable bonds is 3. The van der Waals surface area contributed by atoms with Crippen molar-refractivity contribution in [1.82, 2.24) is 10.2 Å². The van der Waals surface area contributed by atoms with Gasteiger partial charge in [-0.1, -0.05) is 6.92 Å². The minimum atomic E-state index is 0.224. The van der Waals surface area contributed by atoms with Crippen LogP contribution >= 0.6 is 0 Å². The van der Waals surface area contributed by atoms with Crippen LogP contribution in [0.4, 0.5) is 0 Å². The average molecular weight is 184 g/mol. The second-order valence-corrected chi connectivity index (χ2v) is 4.04. The van der Waals surface area contributed by atoms with Gasteiger partial charge in [-0.05, 0) is 33.4 Å². The molecule has 0 radical (unpaired) electrons. The molecule has 0 aromatic carbocycles. The first-order valence-electron chi connectivity index (χ1n) is 5.16. The molecule has 0 aliphatic carbocycles. The Balaban J connectivity index is 2.33. The van der Waals surface area contributed by atoms with Crippen molar-refractivity contribution in [3.8, 4) is 0 Å². The van der Waals surface area contributed by atoms with E-state index in [1.165, 1.54) is 0 Å². The molecule has 1 atom stereocenters. The highest BCUT2D eigenvalue weighted by Crippen LogP contribution is 2.15. The third kappa shape index (κ3) is 2.99. The third-order valence-electron chi connectivity index (χ3n) is 2.52. The quantitative estimate of drug-likeness (QED) is 0.705. The molecule has 1 aliphatic heterocycles. The Morgan fingerprint density at radius 1 is 1.62 bits per heavy atom. The van der Waals surface area contributed by atoms with E-state index in [1.54, 1.807) is 0 Å². The summed E-state index contributed by atoms with van der Waals surface area (Å²) in [5.74, 6) is 0.452. The maximum Gasteiger partial charge on any atom is 0.224 e. The highest BCUT2D eigenvalue weighted by atomic mass is 16.2. The van der Waals surface area contributed by atoms with Crippen molar-refractivity contribution in [1.29, 1.82) is 0 Å². The zero-order chi connectivity index (χ0) is 9.84. The van der Waals surface area contributed by atoms with Gasteiger partial charge < -0.3 is 10.2 Å². The lowest BCUT2D eigenvalue weighted by molar-refractivity contribution is -0.125. The molecule has 0 aromatic rings. The molecule has 0 spiro atoms. The van der Waals surface area contributed by atoms with E-state index in [0.29, 0.717) is 0 Å². The van der Waals surface area contributed by atoms with E-state index in [-0.39, 0.29) is 17.9 Å². The Labute approximate surface area is 80.5 Å². The summed E-state index contributed by atoms with van der Waals surface area (Å²) in [4.78, 5) is 13.9. The molecule has 1 aliphatic rings. The molecule has 1 rings (SSSR count). The third-order valence-corrected chi connectivity index (χ3v) is 2.52. The van der Waals surface area contributed by atoms with Gasteiger partial charge in [0.15, 0.2) is 0 Å². The topological polar surface area (TPSA) is 32.3 Å². The van der Waals surface area contributed by atoms with Gasteiger partial charge in [0, 0.05) is 12.6 Å². The normalized spacial score (nSPS) is 23.8. The van der Waals surface area contributed by atoms with E-state index in [9.17, 15) is 4.79 Å². The molecule has 1 N–H and O–H groups in total. The molecule has 1 heterocycles. The molecule has 3 heteroatoms. The number of hydrogen-bond donors (Lipinski definition) is 1. The summed E-state index contributed by atoms with van der Waals surface area (Å²) >= 11 is 0. The smallest absolute Gasteiger partial charge is 0.224 e. The number of likely N-dealkylation sites (tertiary alicyclic amines) is 1. The minimum absolute atomic E-state index is 0.224. The largest absolute Gasteiger partial charge is 0.354 e. The standard InChI is InChI=1S/C10H20N2O/c1-4-12-6-5-9(7-12)10(13)11-8(2)3/h8-9H,4-7H2,1-3H3,(H,11,13). The van der Waals surface area contributed by atoms with Gasteiger partial charge in [0.1, 0.15) is 0 Å². The molecular formula is C10H20N2O. The van der Waals surface area contributed by atoms with Crippen LogP contribution in [0.25, 0.3) is 0 Å². The molecule has 1 amide bonds. The summed E-state index contributed by atoms with van der Waals surface area (Å²) in [5, 5.41) is 2.96. The second kappa shape index (κ2) is 4.61. The van der Waals surface area contributed by atoms with E-state index in [1.807, 2.05) is 13.8 Å². The van der Waals surface area contributed by atoms with E-state index < -0.39 is 0 Å². The van der Waals surface area contributed by atoms with E-state index >= 15 is 0 Å². The van der Waals surface area contributed by atoms with Gasteiger partial charge >= 0.3 is 0 Å². The molecule has 13 heavy (non-hydrogen) atoms. The van der Waals surface area contributed by atoms with Gasteiger partial charge in [-0.3, -0.25) is 4.79 Å². The van der Waals surface area contributed by atoms with Crippen molar-refractivity contribution in [2.24, 2.45) is 5.92 Å². The Morgan fingerprint density at radius 3 is 2.77 bits per heavy atom. The lowest BCUT2D eigenvalue weighted by Crippen LogP contribution is -2.36. The maximum absolute atomic E-state index is 11.6. The molecule has 3 nitrogen and oxygen atoms in total. The van der Waals surface area contributed by atoms with Crippen LogP contribution in [-0.2, 0) is 4.79 Å². The highest BCUT2D eigenvalue weighted by Gasteiger charge is 2.27. The Hall–Kier alpha value is -0.570. The molecule has 1 saturated heterocycles. The maximum atomic E-state index is 11.6. The van der Waals surface area contributed by atoms with Gasteiger partial charge in [0.2, 0.25) is 5.91 Å². The summed E-state index contributed by atoms with van der Waals surface area (Å²) in [6, 6.07) is 0.267. The first-order valence-corrected chi connectivity index (χ1v) is 5.16. The Morgan fingerprint density at radius 2 is 2.31 bits per heavy atom. The van der Waals surface area contributed by atoms with Crippen molar-refractivity contribution in [3.63, 3.8) is 0 Å². The monoisotopic (exact) mass is 184 g/mol. The van der Waals surface area contributed by atoms with Crippen LogP contribution in [0, 0.1) is 5.92 Å². The average Bonchev–Trinajstić information content (AvgIpc) is 2.50. The van der Waals surface area contributed by atoms with Crippen LogP contribution in [0.3, 0.4) is 0 Å². The van der Waals surface area contributed by atoms with Crippen molar-refractivity contribution in [3.05, 3.63) is 0 Å². The number of carbonyl (C=O) groups excluding carboxylic acids is 1. The van der Waals surface area contributed by atoms with E-state index in [2.05, 4.69) is 17.1 Å². The lowest BCUT2D eigenvalue weighted by Gasteiger charge is -2.14. The van der Waals surface area contributed by atoms with Crippen LogP contribution in [0.15, 0.2) is 0 Å². The van der Waals surface area contributed by atoms with Gasteiger partial charge in [-0.15, -0.1) is 0 Å². The molecule has 0 bridgehead atoms. The summed E-state index contributed by atoms with van der Waals surface area (Å²) in [6.45, 7) is 9.23. The van der Waals surface area contributed by atoms with E-state index in [0.717, 1.165) is 26.1 Å². The minimum Gasteiger partial charge on any atom is -0.354 e. The predicted molar refractivity (Wildman–Crippen MR) is 53.5 cm³/mol.